The summed E-state index contributed by atoms with van der Waals surface area (Å²) in [6.45, 7) is 10.2. The zero-order chi connectivity index (χ0) is 12.8. The Balaban J connectivity index is 4.24. The van der Waals surface area contributed by atoms with Gasteiger partial charge in [0.2, 0.25) is 0 Å². The van der Waals surface area contributed by atoms with Crippen molar-refractivity contribution in [2.24, 2.45) is 11.8 Å². The summed E-state index contributed by atoms with van der Waals surface area (Å²) in [7, 11) is 0. The first kappa shape index (κ1) is 15.9. The third kappa shape index (κ3) is 8.12. The van der Waals surface area contributed by atoms with Crippen molar-refractivity contribution in [3.8, 4) is 0 Å². The third-order valence-electron chi connectivity index (χ3n) is 2.95. The molecule has 0 heterocycles. The number of hydrogen-bond donors (Lipinski definition) is 2. The van der Waals surface area contributed by atoms with E-state index in [0.717, 1.165) is 32.1 Å². The van der Waals surface area contributed by atoms with E-state index in [-0.39, 0.29) is 6.10 Å². The van der Waals surface area contributed by atoms with Crippen molar-refractivity contribution in [2.75, 3.05) is 0 Å². The first-order valence-electron chi connectivity index (χ1n) is 6.67. The molecule has 0 amide bonds. The van der Waals surface area contributed by atoms with E-state index in [2.05, 4.69) is 20.8 Å². The molecule has 0 aromatic carbocycles. The Morgan fingerprint density at radius 1 is 1.12 bits per heavy atom. The first-order valence-corrected chi connectivity index (χ1v) is 6.67. The molecule has 0 rings (SSSR count). The highest BCUT2D eigenvalue weighted by atomic mass is 16.3. The molecule has 0 saturated heterocycles. The van der Waals surface area contributed by atoms with Gasteiger partial charge in [0.05, 0.1) is 11.7 Å². The van der Waals surface area contributed by atoms with Crippen LogP contribution in [0.5, 0.6) is 0 Å². The fourth-order valence-electron chi connectivity index (χ4n) is 2.78. The summed E-state index contributed by atoms with van der Waals surface area (Å²) in [4.78, 5) is 0. The zero-order valence-corrected chi connectivity index (χ0v) is 11.7. The highest BCUT2D eigenvalue weighted by molar-refractivity contribution is 4.79. The molecule has 2 N–H and O–H groups in total. The molecule has 0 aromatic heterocycles. The molecule has 0 aliphatic carbocycles. The van der Waals surface area contributed by atoms with Crippen LogP contribution in [-0.2, 0) is 0 Å². The van der Waals surface area contributed by atoms with Crippen LogP contribution in [-0.4, -0.2) is 21.9 Å². The van der Waals surface area contributed by atoms with Gasteiger partial charge in [0.1, 0.15) is 0 Å². The van der Waals surface area contributed by atoms with Gasteiger partial charge in [-0.1, -0.05) is 33.6 Å². The predicted molar refractivity (Wildman–Crippen MR) is 69.4 cm³/mol. The summed E-state index contributed by atoms with van der Waals surface area (Å²) < 4.78 is 0. The molecular weight excluding hydrogens is 200 g/mol. The Labute approximate surface area is 101 Å². The molecular formula is C14H30O2. The Bertz CT molecular complexity index is 174. The summed E-state index contributed by atoms with van der Waals surface area (Å²) in [6.07, 6.45) is 4.42. The van der Waals surface area contributed by atoms with Crippen molar-refractivity contribution in [3.63, 3.8) is 0 Å². The average Bonchev–Trinajstić information content (AvgIpc) is 1.98. The molecule has 3 atom stereocenters. The van der Waals surface area contributed by atoms with Gasteiger partial charge in [-0.15, -0.1) is 0 Å². The Morgan fingerprint density at radius 2 is 1.69 bits per heavy atom. The van der Waals surface area contributed by atoms with E-state index in [1.54, 1.807) is 0 Å². The van der Waals surface area contributed by atoms with Crippen LogP contribution < -0.4 is 0 Å². The molecule has 0 saturated carbocycles. The van der Waals surface area contributed by atoms with E-state index in [1.807, 2.05) is 13.8 Å². The summed E-state index contributed by atoms with van der Waals surface area (Å²) in [5.41, 5.74) is -0.580. The van der Waals surface area contributed by atoms with Gasteiger partial charge in [0.15, 0.2) is 0 Å². The molecule has 0 aliphatic rings. The molecule has 98 valence electrons. The number of rotatable bonds is 8. The molecule has 3 unspecified atom stereocenters. The topological polar surface area (TPSA) is 40.5 Å². The van der Waals surface area contributed by atoms with Gasteiger partial charge >= 0.3 is 0 Å². The minimum Gasteiger partial charge on any atom is -0.393 e. The van der Waals surface area contributed by atoms with E-state index in [9.17, 15) is 10.2 Å². The molecule has 2 nitrogen and oxygen atoms in total. The van der Waals surface area contributed by atoms with E-state index in [0.29, 0.717) is 11.8 Å². The maximum absolute atomic E-state index is 10.3. The lowest BCUT2D eigenvalue weighted by molar-refractivity contribution is 0.00570. The second-order valence-corrected chi connectivity index (χ2v) is 6.04. The third-order valence-corrected chi connectivity index (χ3v) is 2.95. The summed E-state index contributed by atoms with van der Waals surface area (Å²) >= 11 is 0. The van der Waals surface area contributed by atoms with E-state index < -0.39 is 5.60 Å². The molecule has 0 bridgehead atoms. The van der Waals surface area contributed by atoms with Crippen molar-refractivity contribution >= 4 is 0 Å². The fraction of sp³-hybridized carbons (Fsp3) is 1.00. The van der Waals surface area contributed by atoms with E-state index in [1.165, 1.54) is 0 Å². The lowest BCUT2D eigenvalue weighted by atomic mass is 9.81. The summed E-state index contributed by atoms with van der Waals surface area (Å²) in [5, 5.41) is 19.8. The number of hydrogen-bond acceptors (Lipinski definition) is 2. The lowest BCUT2D eigenvalue weighted by Gasteiger charge is -2.30. The van der Waals surface area contributed by atoms with E-state index in [4.69, 9.17) is 0 Å². The van der Waals surface area contributed by atoms with Crippen molar-refractivity contribution < 1.29 is 10.2 Å². The Hall–Kier alpha value is -0.0800. The molecule has 0 aromatic rings. The number of aliphatic hydroxyl groups excluding tert-OH is 1. The van der Waals surface area contributed by atoms with Crippen molar-refractivity contribution in [1.82, 2.24) is 0 Å². The van der Waals surface area contributed by atoms with Gasteiger partial charge in [0, 0.05) is 0 Å². The second-order valence-electron chi connectivity index (χ2n) is 6.04. The maximum atomic E-state index is 10.3. The SMILES string of the molecule is CCCC(CC(C)O)CC(C)(O)CC(C)C. The normalized spacial score (nSPS) is 19.5. The number of aliphatic hydroxyl groups is 2. The first-order chi connectivity index (χ1) is 7.26. The van der Waals surface area contributed by atoms with Gasteiger partial charge < -0.3 is 10.2 Å². The zero-order valence-electron chi connectivity index (χ0n) is 11.7. The van der Waals surface area contributed by atoms with Crippen LogP contribution in [0.3, 0.4) is 0 Å². The van der Waals surface area contributed by atoms with Crippen LogP contribution in [0.4, 0.5) is 0 Å². The van der Waals surface area contributed by atoms with Crippen molar-refractivity contribution in [3.05, 3.63) is 0 Å². The maximum Gasteiger partial charge on any atom is 0.0624 e. The highest BCUT2D eigenvalue weighted by Crippen LogP contribution is 2.29. The van der Waals surface area contributed by atoms with Crippen LogP contribution >= 0.6 is 0 Å². The summed E-state index contributed by atoms with van der Waals surface area (Å²) in [5.74, 6) is 0.961. The standard InChI is InChI=1S/C14H30O2/c1-6-7-13(8-12(4)15)10-14(5,16)9-11(2)3/h11-13,15-16H,6-10H2,1-5H3. The lowest BCUT2D eigenvalue weighted by Crippen LogP contribution is -2.30. The monoisotopic (exact) mass is 230 g/mol. The molecule has 0 spiro atoms. The highest BCUT2D eigenvalue weighted by Gasteiger charge is 2.26. The van der Waals surface area contributed by atoms with Crippen LogP contribution in [0, 0.1) is 11.8 Å². The minimum absolute atomic E-state index is 0.258. The van der Waals surface area contributed by atoms with E-state index >= 15 is 0 Å². The second kappa shape index (κ2) is 7.29. The van der Waals surface area contributed by atoms with Gasteiger partial charge in [-0.2, -0.15) is 0 Å². The van der Waals surface area contributed by atoms with Crippen molar-refractivity contribution in [1.29, 1.82) is 0 Å². The molecule has 0 fully saturated rings. The van der Waals surface area contributed by atoms with Crippen LogP contribution in [0.15, 0.2) is 0 Å². The van der Waals surface area contributed by atoms with Crippen LogP contribution in [0.1, 0.15) is 66.7 Å². The smallest absolute Gasteiger partial charge is 0.0624 e. The van der Waals surface area contributed by atoms with Gasteiger partial charge in [-0.05, 0) is 44.9 Å². The van der Waals surface area contributed by atoms with Crippen molar-refractivity contribution in [2.45, 2.75) is 78.4 Å². The predicted octanol–water partition coefficient (Wildman–Crippen LogP) is 3.36. The Morgan fingerprint density at radius 3 is 2.06 bits per heavy atom. The molecule has 0 radical (unpaired) electrons. The Kier molecular flexibility index (Phi) is 7.25. The van der Waals surface area contributed by atoms with Gasteiger partial charge in [-0.25, -0.2) is 0 Å². The quantitative estimate of drug-likeness (QED) is 0.671. The van der Waals surface area contributed by atoms with Gasteiger partial charge in [0.25, 0.3) is 0 Å². The average molecular weight is 230 g/mol. The molecule has 0 aliphatic heterocycles. The minimum atomic E-state index is -0.580. The fourth-order valence-corrected chi connectivity index (χ4v) is 2.78. The summed E-state index contributed by atoms with van der Waals surface area (Å²) in [6, 6.07) is 0. The molecule has 2 heteroatoms. The molecule has 16 heavy (non-hydrogen) atoms. The van der Waals surface area contributed by atoms with Crippen LogP contribution in [0.25, 0.3) is 0 Å². The van der Waals surface area contributed by atoms with Crippen LogP contribution in [0.2, 0.25) is 0 Å². The van der Waals surface area contributed by atoms with Gasteiger partial charge in [-0.3, -0.25) is 0 Å². The largest absolute Gasteiger partial charge is 0.393 e.